The summed E-state index contributed by atoms with van der Waals surface area (Å²) in [5.41, 5.74) is 3.60. The highest BCUT2D eigenvalue weighted by Gasteiger charge is 2.20. The van der Waals surface area contributed by atoms with Gasteiger partial charge in [0, 0.05) is 30.6 Å². The van der Waals surface area contributed by atoms with E-state index < -0.39 is 0 Å². The molecule has 1 amide bonds. The number of hydrogen-bond donors (Lipinski definition) is 0. The fourth-order valence-corrected chi connectivity index (χ4v) is 3.72. The van der Waals surface area contributed by atoms with Crippen LogP contribution < -0.4 is 10.4 Å². The lowest BCUT2D eigenvalue weighted by Gasteiger charge is -2.28. The number of benzene rings is 2. The molecule has 2 heterocycles. The van der Waals surface area contributed by atoms with Crippen LogP contribution in [0.1, 0.15) is 30.0 Å². The summed E-state index contributed by atoms with van der Waals surface area (Å²) in [6.45, 7) is 3.35. The first-order valence-corrected chi connectivity index (χ1v) is 9.68. The second kappa shape index (κ2) is 7.89. The van der Waals surface area contributed by atoms with Crippen LogP contribution in [0.3, 0.4) is 0 Å². The number of ether oxygens (including phenoxy) is 1. The molecule has 144 valence electrons. The molecule has 0 bridgehead atoms. The number of rotatable bonds is 5. The SMILES string of the molecule is CCCc1cc(=O)oc2cc(OCC(=O)N3CCc4ccccc4C3)ccc12. The molecule has 5 heteroatoms. The molecule has 1 aromatic heterocycles. The lowest BCUT2D eigenvalue weighted by atomic mass is 10.00. The maximum absolute atomic E-state index is 12.6. The van der Waals surface area contributed by atoms with Crippen LogP contribution in [0.4, 0.5) is 0 Å². The van der Waals surface area contributed by atoms with E-state index in [0.717, 1.165) is 30.2 Å². The first-order chi connectivity index (χ1) is 13.6. The predicted molar refractivity (Wildman–Crippen MR) is 108 cm³/mol. The first-order valence-electron chi connectivity index (χ1n) is 9.68. The first kappa shape index (κ1) is 18.3. The van der Waals surface area contributed by atoms with Gasteiger partial charge >= 0.3 is 5.63 Å². The molecule has 1 aliphatic rings. The summed E-state index contributed by atoms with van der Waals surface area (Å²) in [5.74, 6) is 0.478. The summed E-state index contributed by atoms with van der Waals surface area (Å²) in [6, 6.07) is 15.2. The number of hydrogen-bond acceptors (Lipinski definition) is 4. The molecule has 0 atom stereocenters. The summed E-state index contributed by atoms with van der Waals surface area (Å²) < 4.78 is 11.0. The molecule has 0 unspecified atom stereocenters. The Labute approximate surface area is 163 Å². The molecule has 0 radical (unpaired) electrons. The van der Waals surface area contributed by atoms with Crippen molar-refractivity contribution < 1.29 is 13.9 Å². The predicted octanol–water partition coefficient (Wildman–Crippen LogP) is 3.71. The van der Waals surface area contributed by atoms with Crippen molar-refractivity contribution in [3.8, 4) is 5.75 Å². The molecule has 0 saturated heterocycles. The van der Waals surface area contributed by atoms with Gasteiger partial charge in [-0.2, -0.15) is 0 Å². The van der Waals surface area contributed by atoms with E-state index in [-0.39, 0.29) is 18.1 Å². The van der Waals surface area contributed by atoms with Crippen molar-refractivity contribution >= 4 is 16.9 Å². The molecule has 0 saturated carbocycles. The molecule has 2 aromatic carbocycles. The number of amides is 1. The zero-order valence-electron chi connectivity index (χ0n) is 15.9. The van der Waals surface area contributed by atoms with E-state index in [1.165, 1.54) is 11.1 Å². The Balaban J connectivity index is 1.45. The quantitative estimate of drug-likeness (QED) is 0.636. The van der Waals surface area contributed by atoms with Gasteiger partial charge in [-0.15, -0.1) is 0 Å². The zero-order chi connectivity index (χ0) is 19.5. The summed E-state index contributed by atoms with van der Waals surface area (Å²) in [5, 5.41) is 0.910. The number of carbonyl (C=O) groups excluding carboxylic acids is 1. The molecule has 4 rings (SSSR count). The van der Waals surface area contributed by atoms with Crippen molar-refractivity contribution in [1.29, 1.82) is 0 Å². The van der Waals surface area contributed by atoms with E-state index in [0.29, 0.717) is 24.4 Å². The minimum absolute atomic E-state index is 0.0352. The highest BCUT2D eigenvalue weighted by molar-refractivity contribution is 5.82. The Morgan fingerprint density at radius 3 is 2.79 bits per heavy atom. The van der Waals surface area contributed by atoms with Crippen LogP contribution in [0.15, 0.2) is 57.7 Å². The van der Waals surface area contributed by atoms with Crippen molar-refractivity contribution in [3.05, 3.63) is 75.6 Å². The Morgan fingerprint density at radius 1 is 1.14 bits per heavy atom. The Kier molecular flexibility index (Phi) is 5.15. The van der Waals surface area contributed by atoms with Gasteiger partial charge in [-0.1, -0.05) is 37.6 Å². The highest BCUT2D eigenvalue weighted by Crippen LogP contribution is 2.24. The van der Waals surface area contributed by atoms with Gasteiger partial charge in [-0.05, 0) is 41.7 Å². The van der Waals surface area contributed by atoms with Crippen LogP contribution in [0.5, 0.6) is 5.75 Å². The summed E-state index contributed by atoms with van der Waals surface area (Å²) in [7, 11) is 0. The third kappa shape index (κ3) is 3.79. The maximum atomic E-state index is 12.6. The van der Waals surface area contributed by atoms with Crippen LogP contribution in [-0.4, -0.2) is 24.0 Å². The molecule has 0 fully saturated rings. The lowest BCUT2D eigenvalue weighted by molar-refractivity contribution is -0.134. The van der Waals surface area contributed by atoms with Crippen molar-refractivity contribution in [2.45, 2.75) is 32.7 Å². The molecular formula is C23H23NO4. The smallest absolute Gasteiger partial charge is 0.336 e. The van der Waals surface area contributed by atoms with Gasteiger partial charge in [-0.25, -0.2) is 4.79 Å². The largest absolute Gasteiger partial charge is 0.484 e. The van der Waals surface area contributed by atoms with Gasteiger partial charge in [0.25, 0.3) is 5.91 Å². The third-order valence-corrected chi connectivity index (χ3v) is 5.17. The van der Waals surface area contributed by atoms with Crippen LogP contribution in [0.25, 0.3) is 11.0 Å². The summed E-state index contributed by atoms with van der Waals surface area (Å²) in [6.07, 6.45) is 2.63. The van der Waals surface area contributed by atoms with Gasteiger partial charge in [0.1, 0.15) is 11.3 Å². The molecule has 0 aliphatic carbocycles. The van der Waals surface area contributed by atoms with E-state index in [1.54, 1.807) is 12.1 Å². The monoisotopic (exact) mass is 377 g/mol. The molecule has 5 nitrogen and oxygen atoms in total. The van der Waals surface area contributed by atoms with E-state index >= 15 is 0 Å². The van der Waals surface area contributed by atoms with Crippen LogP contribution >= 0.6 is 0 Å². The molecule has 0 N–H and O–H groups in total. The summed E-state index contributed by atoms with van der Waals surface area (Å²) >= 11 is 0. The van der Waals surface area contributed by atoms with Gasteiger partial charge < -0.3 is 14.1 Å². The van der Waals surface area contributed by atoms with E-state index in [4.69, 9.17) is 9.15 Å². The van der Waals surface area contributed by atoms with Crippen molar-refractivity contribution in [2.75, 3.05) is 13.2 Å². The standard InChI is InChI=1S/C23H23NO4/c1-2-5-17-12-23(26)28-21-13-19(8-9-20(17)21)27-15-22(25)24-11-10-16-6-3-4-7-18(16)14-24/h3-4,6-9,12-13H,2,5,10-11,14-15H2,1H3. The molecular weight excluding hydrogens is 354 g/mol. The fourth-order valence-electron chi connectivity index (χ4n) is 3.72. The third-order valence-electron chi connectivity index (χ3n) is 5.17. The van der Waals surface area contributed by atoms with Crippen molar-refractivity contribution in [3.63, 3.8) is 0 Å². The molecule has 28 heavy (non-hydrogen) atoms. The second-order valence-electron chi connectivity index (χ2n) is 7.12. The average Bonchev–Trinajstić information content (AvgIpc) is 2.71. The fraction of sp³-hybridized carbons (Fsp3) is 0.304. The number of aryl methyl sites for hydroxylation is 1. The van der Waals surface area contributed by atoms with Gasteiger partial charge in [0.2, 0.25) is 0 Å². The van der Waals surface area contributed by atoms with Crippen molar-refractivity contribution in [1.82, 2.24) is 4.90 Å². The minimum atomic E-state index is -0.365. The average molecular weight is 377 g/mol. The Hall–Kier alpha value is -3.08. The van der Waals surface area contributed by atoms with Crippen LogP contribution in [-0.2, 0) is 24.2 Å². The van der Waals surface area contributed by atoms with Crippen LogP contribution in [0, 0.1) is 0 Å². The van der Waals surface area contributed by atoms with Crippen LogP contribution in [0.2, 0.25) is 0 Å². The normalized spacial score (nSPS) is 13.4. The summed E-state index contributed by atoms with van der Waals surface area (Å²) in [4.78, 5) is 26.2. The maximum Gasteiger partial charge on any atom is 0.336 e. The van der Waals surface area contributed by atoms with E-state index in [1.807, 2.05) is 29.2 Å². The zero-order valence-corrected chi connectivity index (χ0v) is 15.9. The molecule has 1 aliphatic heterocycles. The highest BCUT2D eigenvalue weighted by atomic mass is 16.5. The second-order valence-corrected chi connectivity index (χ2v) is 7.12. The lowest BCUT2D eigenvalue weighted by Crippen LogP contribution is -2.38. The Morgan fingerprint density at radius 2 is 1.96 bits per heavy atom. The molecule has 0 spiro atoms. The van der Waals surface area contributed by atoms with Crippen molar-refractivity contribution in [2.24, 2.45) is 0 Å². The Bertz CT molecular complexity index is 1070. The number of nitrogens with zero attached hydrogens (tertiary/aromatic N) is 1. The number of fused-ring (bicyclic) bond motifs is 2. The van der Waals surface area contributed by atoms with E-state index in [9.17, 15) is 9.59 Å². The van der Waals surface area contributed by atoms with Gasteiger partial charge in [-0.3, -0.25) is 4.79 Å². The molecule has 3 aromatic rings. The van der Waals surface area contributed by atoms with Gasteiger partial charge in [0.05, 0.1) is 0 Å². The van der Waals surface area contributed by atoms with E-state index in [2.05, 4.69) is 19.1 Å². The minimum Gasteiger partial charge on any atom is -0.484 e. The topological polar surface area (TPSA) is 59.8 Å². The number of carbonyl (C=O) groups is 1. The van der Waals surface area contributed by atoms with Gasteiger partial charge in [0.15, 0.2) is 6.61 Å².